The lowest BCUT2D eigenvalue weighted by molar-refractivity contribution is 0.467. The average molecular weight is 273 g/mol. The molecule has 2 N–H and O–H groups in total. The highest BCUT2D eigenvalue weighted by molar-refractivity contribution is 5.39. The van der Waals surface area contributed by atoms with Crippen LogP contribution in [-0.4, -0.2) is 0 Å². The molecule has 0 unspecified atom stereocenters. The van der Waals surface area contributed by atoms with Gasteiger partial charge >= 0.3 is 0 Å². The summed E-state index contributed by atoms with van der Waals surface area (Å²) in [7, 11) is 0. The predicted octanol–water partition coefficient (Wildman–Crippen LogP) is 4.42. The van der Waals surface area contributed by atoms with Crippen molar-refractivity contribution in [2.24, 2.45) is 5.73 Å². The second kappa shape index (κ2) is 7.06. The van der Waals surface area contributed by atoms with E-state index in [1.54, 1.807) is 12.1 Å². The highest BCUT2D eigenvalue weighted by Crippen LogP contribution is 2.27. The summed E-state index contributed by atoms with van der Waals surface area (Å²) in [5, 5.41) is 0. The van der Waals surface area contributed by atoms with Crippen molar-refractivity contribution in [2.75, 3.05) is 0 Å². The Morgan fingerprint density at radius 1 is 1.10 bits per heavy atom. The van der Waals surface area contributed by atoms with E-state index in [4.69, 9.17) is 10.5 Å². The monoisotopic (exact) mass is 273 g/mol. The van der Waals surface area contributed by atoms with Crippen LogP contribution in [0.15, 0.2) is 42.5 Å². The Morgan fingerprint density at radius 3 is 2.50 bits per heavy atom. The zero-order valence-corrected chi connectivity index (χ0v) is 11.7. The summed E-state index contributed by atoms with van der Waals surface area (Å²) >= 11 is 0. The molecule has 2 aromatic carbocycles. The minimum Gasteiger partial charge on any atom is -0.457 e. The van der Waals surface area contributed by atoms with Gasteiger partial charge < -0.3 is 10.5 Å². The van der Waals surface area contributed by atoms with Gasteiger partial charge in [0.15, 0.2) is 0 Å². The maximum atomic E-state index is 13.6. The number of hydrogen-bond donors (Lipinski definition) is 1. The molecule has 0 saturated heterocycles. The zero-order chi connectivity index (χ0) is 14.4. The van der Waals surface area contributed by atoms with Crippen LogP contribution >= 0.6 is 0 Å². The molecule has 0 aliphatic rings. The van der Waals surface area contributed by atoms with Crippen LogP contribution in [0.5, 0.6) is 11.5 Å². The van der Waals surface area contributed by atoms with Crippen molar-refractivity contribution in [3.05, 3.63) is 59.4 Å². The summed E-state index contributed by atoms with van der Waals surface area (Å²) in [6.07, 6.45) is 3.44. The van der Waals surface area contributed by atoms with Crippen LogP contribution in [0.3, 0.4) is 0 Å². The van der Waals surface area contributed by atoms with Gasteiger partial charge in [-0.1, -0.05) is 31.5 Å². The largest absolute Gasteiger partial charge is 0.457 e. The lowest BCUT2D eigenvalue weighted by atomic mass is 10.1. The fourth-order valence-corrected chi connectivity index (χ4v) is 2.06. The number of halogens is 1. The summed E-state index contributed by atoms with van der Waals surface area (Å²) < 4.78 is 19.3. The molecule has 0 spiro atoms. The maximum absolute atomic E-state index is 13.6. The molecular weight excluding hydrogens is 253 g/mol. The molecule has 0 aliphatic carbocycles. The third kappa shape index (κ3) is 3.58. The van der Waals surface area contributed by atoms with Gasteiger partial charge in [0, 0.05) is 12.1 Å². The SMILES string of the molecule is CCCCc1ccc(Oc2cccc(F)c2CN)cc1. The van der Waals surface area contributed by atoms with Crippen LogP contribution in [0.4, 0.5) is 4.39 Å². The van der Waals surface area contributed by atoms with Crippen LogP contribution in [-0.2, 0) is 13.0 Å². The number of benzene rings is 2. The van der Waals surface area contributed by atoms with Crippen LogP contribution in [0.2, 0.25) is 0 Å². The minimum absolute atomic E-state index is 0.122. The fourth-order valence-electron chi connectivity index (χ4n) is 2.06. The zero-order valence-electron chi connectivity index (χ0n) is 11.7. The van der Waals surface area contributed by atoms with Crippen LogP contribution in [0, 0.1) is 5.82 Å². The maximum Gasteiger partial charge on any atom is 0.134 e. The van der Waals surface area contributed by atoms with Gasteiger partial charge in [0.2, 0.25) is 0 Å². The van der Waals surface area contributed by atoms with Gasteiger partial charge in [0.25, 0.3) is 0 Å². The summed E-state index contributed by atoms with van der Waals surface area (Å²) in [5.41, 5.74) is 7.26. The molecule has 0 aromatic heterocycles. The molecule has 2 rings (SSSR count). The third-order valence-corrected chi connectivity index (χ3v) is 3.25. The number of nitrogens with two attached hydrogens (primary N) is 1. The van der Waals surface area contributed by atoms with E-state index in [-0.39, 0.29) is 12.4 Å². The standard InChI is InChI=1S/C17H20FNO/c1-2-3-5-13-8-10-14(11-9-13)20-17-7-4-6-16(18)15(17)12-19/h4,6-11H,2-3,5,12,19H2,1H3. The van der Waals surface area contributed by atoms with E-state index in [0.29, 0.717) is 17.1 Å². The first-order valence-corrected chi connectivity index (χ1v) is 6.99. The molecule has 0 bridgehead atoms. The van der Waals surface area contributed by atoms with E-state index in [1.165, 1.54) is 24.5 Å². The first kappa shape index (κ1) is 14.5. The molecular formula is C17H20FNO. The predicted molar refractivity (Wildman–Crippen MR) is 79.4 cm³/mol. The van der Waals surface area contributed by atoms with E-state index >= 15 is 0 Å². The Hall–Kier alpha value is -1.87. The van der Waals surface area contributed by atoms with E-state index in [0.717, 1.165) is 6.42 Å². The molecule has 0 atom stereocenters. The number of aryl methyl sites for hydroxylation is 1. The fraction of sp³-hybridized carbons (Fsp3) is 0.294. The van der Waals surface area contributed by atoms with Gasteiger partial charge in [0.05, 0.1) is 0 Å². The van der Waals surface area contributed by atoms with Crippen molar-refractivity contribution < 1.29 is 9.13 Å². The highest BCUT2D eigenvalue weighted by Gasteiger charge is 2.08. The minimum atomic E-state index is -0.329. The molecule has 106 valence electrons. The lowest BCUT2D eigenvalue weighted by Crippen LogP contribution is -2.02. The molecule has 0 heterocycles. The van der Waals surface area contributed by atoms with E-state index in [1.807, 2.05) is 24.3 Å². The number of rotatable bonds is 6. The van der Waals surface area contributed by atoms with Crippen molar-refractivity contribution in [2.45, 2.75) is 32.7 Å². The number of hydrogen-bond acceptors (Lipinski definition) is 2. The summed E-state index contributed by atoms with van der Waals surface area (Å²) in [6, 6.07) is 12.7. The Kier molecular flexibility index (Phi) is 5.13. The van der Waals surface area contributed by atoms with Crippen molar-refractivity contribution >= 4 is 0 Å². The highest BCUT2D eigenvalue weighted by atomic mass is 19.1. The molecule has 3 heteroatoms. The molecule has 0 fully saturated rings. The van der Waals surface area contributed by atoms with Crippen LogP contribution < -0.4 is 10.5 Å². The van der Waals surface area contributed by atoms with Gasteiger partial charge in [-0.05, 0) is 42.7 Å². The van der Waals surface area contributed by atoms with Gasteiger partial charge in [-0.3, -0.25) is 0 Å². The molecule has 0 amide bonds. The topological polar surface area (TPSA) is 35.2 Å². The molecule has 0 radical (unpaired) electrons. The Labute approximate surface area is 119 Å². The normalized spacial score (nSPS) is 10.6. The van der Waals surface area contributed by atoms with Gasteiger partial charge in [0.1, 0.15) is 17.3 Å². The summed E-state index contributed by atoms with van der Waals surface area (Å²) in [5.74, 6) is 0.851. The second-order valence-corrected chi connectivity index (χ2v) is 4.77. The summed E-state index contributed by atoms with van der Waals surface area (Å²) in [4.78, 5) is 0. The van der Waals surface area contributed by atoms with E-state index < -0.39 is 0 Å². The quantitative estimate of drug-likeness (QED) is 0.845. The van der Waals surface area contributed by atoms with Crippen molar-refractivity contribution in [1.29, 1.82) is 0 Å². The van der Waals surface area contributed by atoms with Crippen molar-refractivity contribution in [1.82, 2.24) is 0 Å². The smallest absolute Gasteiger partial charge is 0.134 e. The molecule has 0 aliphatic heterocycles. The molecule has 2 aromatic rings. The molecule has 2 nitrogen and oxygen atoms in total. The first-order chi connectivity index (χ1) is 9.74. The summed E-state index contributed by atoms with van der Waals surface area (Å²) in [6.45, 7) is 2.30. The van der Waals surface area contributed by atoms with E-state index in [2.05, 4.69) is 6.92 Å². The Morgan fingerprint density at radius 2 is 1.85 bits per heavy atom. The van der Waals surface area contributed by atoms with Gasteiger partial charge in [-0.2, -0.15) is 0 Å². The van der Waals surface area contributed by atoms with Gasteiger partial charge in [-0.25, -0.2) is 4.39 Å². The van der Waals surface area contributed by atoms with E-state index in [9.17, 15) is 4.39 Å². The van der Waals surface area contributed by atoms with Gasteiger partial charge in [-0.15, -0.1) is 0 Å². The van der Waals surface area contributed by atoms with Crippen LogP contribution in [0.25, 0.3) is 0 Å². The Bertz CT molecular complexity index is 551. The molecule has 0 saturated carbocycles. The Balaban J connectivity index is 2.12. The van der Waals surface area contributed by atoms with Crippen molar-refractivity contribution in [3.63, 3.8) is 0 Å². The first-order valence-electron chi connectivity index (χ1n) is 6.99. The number of unbranched alkanes of at least 4 members (excludes halogenated alkanes) is 1. The van der Waals surface area contributed by atoms with Crippen molar-refractivity contribution in [3.8, 4) is 11.5 Å². The van der Waals surface area contributed by atoms with Crippen LogP contribution in [0.1, 0.15) is 30.9 Å². The number of ether oxygens (including phenoxy) is 1. The average Bonchev–Trinajstić information content (AvgIpc) is 2.47. The third-order valence-electron chi connectivity index (χ3n) is 3.25. The molecule has 20 heavy (non-hydrogen) atoms. The lowest BCUT2D eigenvalue weighted by Gasteiger charge is -2.11. The second-order valence-electron chi connectivity index (χ2n) is 4.77.